The molecule has 2 N–H and O–H groups in total. The van der Waals surface area contributed by atoms with E-state index in [0.29, 0.717) is 0 Å². The highest BCUT2D eigenvalue weighted by atomic mass is 15.2. The van der Waals surface area contributed by atoms with Crippen LogP contribution in [0.2, 0.25) is 0 Å². The van der Waals surface area contributed by atoms with Crippen LogP contribution in [0, 0.1) is 11.8 Å². The lowest BCUT2D eigenvalue weighted by molar-refractivity contribution is 0.0945. The van der Waals surface area contributed by atoms with Gasteiger partial charge in [0.15, 0.2) is 0 Å². The second-order valence-corrected chi connectivity index (χ2v) is 6.18. The average Bonchev–Trinajstić information content (AvgIpc) is 2.40. The molecule has 2 heteroatoms. The number of likely N-dealkylation sites (tertiary alicyclic amines) is 1. The quantitative estimate of drug-likeness (QED) is 0.816. The van der Waals surface area contributed by atoms with Crippen LogP contribution in [0.15, 0.2) is 0 Å². The summed E-state index contributed by atoms with van der Waals surface area (Å²) < 4.78 is 0. The zero-order valence-corrected chi connectivity index (χ0v) is 11.5. The third-order valence-corrected chi connectivity index (χ3v) is 5.01. The van der Waals surface area contributed by atoms with Gasteiger partial charge in [0, 0.05) is 6.04 Å². The van der Waals surface area contributed by atoms with Crippen molar-refractivity contribution in [3.05, 3.63) is 0 Å². The number of rotatable bonds is 4. The number of piperidine rings is 1. The highest BCUT2D eigenvalue weighted by Crippen LogP contribution is 2.32. The maximum atomic E-state index is 5.76. The molecule has 1 aliphatic carbocycles. The lowest BCUT2D eigenvalue weighted by Gasteiger charge is -2.40. The predicted octanol–water partition coefficient (Wildman–Crippen LogP) is 3.02. The Morgan fingerprint density at radius 1 is 0.941 bits per heavy atom. The first-order valence-electron chi connectivity index (χ1n) is 7.77. The zero-order chi connectivity index (χ0) is 12.1. The van der Waals surface area contributed by atoms with E-state index in [1.54, 1.807) is 0 Å². The summed E-state index contributed by atoms with van der Waals surface area (Å²) in [6, 6.07) is 0.904. The van der Waals surface area contributed by atoms with E-state index in [4.69, 9.17) is 5.73 Å². The summed E-state index contributed by atoms with van der Waals surface area (Å²) >= 11 is 0. The number of nitrogens with two attached hydrogens (primary N) is 1. The summed E-state index contributed by atoms with van der Waals surface area (Å²) in [5, 5.41) is 0. The Kier molecular flexibility index (Phi) is 5.30. The fraction of sp³-hybridized carbons (Fsp3) is 1.00. The molecular weight excluding hydrogens is 208 g/mol. The normalized spacial score (nSPS) is 32.8. The van der Waals surface area contributed by atoms with Gasteiger partial charge < -0.3 is 10.6 Å². The van der Waals surface area contributed by atoms with Crippen molar-refractivity contribution in [3.63, 3.8) is 0 Å². The van der Waals surface area contributed by atoms with Crippen molar-refractivity contribution < 1.29 is 0 Å². The summed E-state index contributed by atoms with van der Waals surface area (Å²) in [5.74, 6) is 1.85. The van der Waals surface area contributed by atoms with Crippen molar-refractivity contribution in [1.29, 1.82) is 0 Å². The van der Waals surface area contributed by atoms with Crippen LogP contribution >= 0.6 is 0 Å². The molecule has 0 aromatic rings. The fourth-order valence-corrected chi connectivity index (χ4v) is 3.76. The molecule has 1 aliphatic heterocycles. The number of hydrogen-bond acceptors (Lipinski definition) is 2. The molecule has 0 atom stereocenters. The van der Waals surface area contributed by atoms with Gasteiger partial charge in [-0.25, -0.2) is 0 Å². The molecule has 1 heterocycles. The topological polar surface area (TPSA) is 29.3 Å². The number of hydrogen-bond donors (Lipinski definition) is 1. The monoisotopic (exact) mass is 238 g/mol. The first kappa shape index (κ1) is 13.4. The molecule has 0 spiro atoms. The molecule has 17 heavy (non-hydrogen) atoms. The van der Waals surface area contributed by atoms with Crippen LogP contribution in [0.4, 0.5) is 0 Å². The van der Waals surface area contributed by atoms with Crippen molar-refractivity contribution in [2.45, 2.75) is 64.3 Å². The average molecular weight is 238 g/mol. The molecule has 0 radical (unpaired) electrons. The Balaban J connectivity index is 1.70. The summed E-state index contributed by atoms with van der Waals surface area (Å²) in [4.78, 5) is 2.76. The molecule has 2 rings (SSSR count). The van der Waals surface area contributed by atoms with Gasteiger partial charge in [-0.3, -0.25) is 0 Å². The van der Waals surface area contributed by atoms with Crippen LogP contribution in [0.3, 0.4) is 0 Å². The van der Waals surface area contributed by atoms with Crippen LogP contribution in [-0.4, -0.2) is 30.6 Å². The van der Waals surface area contributed by atoms with E-state index in [1.807, 2.05) is 0 Å². The molecule has 0 unspecified atom stereocenters. The first-order valence-corrected chi connectivity index (χ1v) is 7.77. The smallest absolute Gasteiger partial charge is 0.00954 e. The first-order chi connectivity index (χ1) is 8.33. The van der Waals surface area contributed by atoms with Crippen molar-refractivity contribution in [3.8, 4) is 0 Å². The molecule has 2 fully saturated rings. The minimum Gasteiger partial charge on any atom is -0.330 e. The number of nitrogens with zero attached hydrogens (tertiary/aromatic N) is 1. The van der Waals surface area contributed by atoms with Crippen LogP contribution in [-0.2, 0) is 0 Å². The van der Waals surface area contributed by atoms with E-state index in [9.17, 15) is 0 Å². The van der Waals surface area contributed by atoms with E-state index in [-0.39, 0.29) is 0 Å². The van der Waals surface area contributed by atoms with Gasteiger partial charge in [-0.05, 0) is 70.0 Å². The standard InChI is InChI=1S/C15H30N2/c1-2-3-13-4-6-15(7-5-13)17-10-8-14(12-16)9-11-17/h13-15H,2-12,16H2,1H3. The van der Waals surface area contributed by atoms with Gasteiger partial charge in [0.25, 0.3) is 0 Å². The van der Waals surface area contributed by atoms with E-state index < -0.39 is 0 Å². The van der Waals surface area contributed by atoms with Gasteiger partial charge in [0.2, 0.25) is 0 Å². The summed E-state index contributed by atoms with van der Waals surface area (Å²) in [6.07, 6.45) is 11.4. The molecule has 0 bridgehead atoms. The zero-order valence-electron chi connectivity index (χ0n) is 11.5. The largest absolute Gasteiger partial charge is 0.330 e. The maximum Gasteiger partial charge on any atom is 0.00954 e. The van der Waals surface area contributed by atoms with Crippen LogP contribution < -0.4 is 5.73 Å². The fourth-order valence-electron chi connectivity index (χ4n) is 3.76. The summed E-state index contributed by atoms with van der Waals surface area (Å²) in [5.41, 5.74) is 5.76. The van der Waals surface area contributed by atoms with Crippen LogP contribution in [0.5, 0.6) is 0 Å². The third-order valence-electron chi connectivity index (χ3n) is 5.01. The second kappa shape index (κ2) is 6.75. The van der Waals surface area contributed by atoms with E-state index >= 15 is 0 Å². The molecule has 1 saturated carbocycles. The van der Waals surface area contributed by atoms with Crippen LogP contribution in [0.1, 0.15) is 58.3 Å². The van der Waals surface area contributed by atoms with Crippen molar-refractivity contribution in [1.82, 2.24) is 4.90 Å². The Labute approximate surface area is 107 Å². The highest BCUT2D eigenvalue weighted by molar-refractivity contribution is 4.83. The van der Waals surface area contributed by atoms with Gasteiger partial charge >= 0.3 is 0 Å². The van der Waals surface area contributed by atoms with Crippen molar-refractivity contribution in [2.75, 3.05) is 19.6 Å². The Hall–Kier alpha value is -0.0800. The Morgan fingerprint density at radius 2 is 1.59 bits per heavy atom. The molecule has 0 aromatic carbocycles. The lowest BCUT2D eigenvalue weighted by atomic mass is 9.82. The highest BCUT2D eigenvalue weighted by Gasteiger charge is 2.28. The van der Waals surface area contributed by atoms with Gasteiger partial charge in [-0.2, -0.15) is 0 Å². The van der Waals surface area contributed by atoms with E-state index in [2.05, 4.69) is 11.8 Å². The summed E-state index contributed by atoms with van der Waals surface area (Å²) in [7, 11) is 0. The van der Waals surface area contributed by atoms with Crippen molar-refractivity contribution in [2.24, 2.45) is 17.6 Å². The van der Waals surface area contributed by atoms with Crippen LogP contribution in [0.25, 0.3) is 0 Å². The molecule has 100 valence electrons. The molecule has 1 saturated heterocycles. The van der Waals surface area contributed by atoms with Gasteiger partial charge in [-0.15, -0.1) is 0 Å². The maximum absolute atomic E-state index is 5.76. The summed E-state index contributed by atoms with van der Waals surface area (Å²) in [6.45, 7) is 5.84. The van der Waals surface area contributed by atoms with E-state index in [0.717, 1.165) is 24.4 Å². The molecule has 2 nitrogen and oxygen atoms in total. The second-order valence-electron chi connectivity index (χ2n) is 6.18. The Bertz CT molecular complexity index is 201. The minimum absolute atomic E-state index is 0.808. The van der Waals surface area contributed by atoms with Crippen molar-refractivity contribution >= 4 is 0 Å². The molecule has 0 aromatic heterocycles. The molecule has 0 amide bonds. The predicted molar refractivity (Wildman–Crippen MR) is 74.0 cm³/mol. The Morgan fingerprint density at radius 3 is 2.12 bits per heavy atom. The SMILES string of the molecule is CCCC1CCC(N2CCC(CN)CC2)CC1. The van der Waals surface area contributed by atoms with Gasteiger partial charge in [0.05, 0.1) is 0 Å². The molecular formula is C15H30N2. The van der Waals surface area contributed by atoms with E-state index in [1.165, 1.54) is 64.5 Å². The minimum atomic E-state index is 0.808. The lowest BCUT2D eigenvalue weighted by Crippen LogP contribution is -2.44. The molecule has 2 aliphatic rings. The van der Waals surface area contributed by atoms with Gasteiger partial charge in [0.1, 0.15) is 0 Å². The van der Waals surface area contributed by atoms with Gasteiger partial charge in [-0.1, -0.05) is 19.8 Å². The third kappa shape index (κ3) is 3.69.